The van der Waals surface area contributed by atoms with Gasteiger partial charge in [-0.1, -0.05) is 56.3 Å². The van der Waals surface area contributed by atoms with Gasteiger partial charge in [0.2, 0.25) is 0 Å². The van der Waals surface area contributed by atoms with E-state index in [2.05, 4.69) is 66.6 Å². The van der Waals surface area contributed by atoms with Gasteiger partial charge >= 0.3 is 0 Å². The van der Waals surface area contributed by atoms with Crippen molar-refractivity contribution in [2.75, 3.05) is 19.6 Å². The summed E-state index contributed by atoms with van der Waals surface area (Å²) in [6, 6.07) is 8.90. The fourth-order valence-corrected chi connectivity index (χ4v) is 6.51. The Kier molecular flexibility index (Phi) is 5.35. The van der Waals surface area contributed by atoms with Gasteiger partial charge in [-0.3, -0.25) is 4.79 Å². The summed E-state index contributed by atoms with van der Waals surface area (Å²) in [7, 11) is 0. The van der Waals surface area contributed by atoms with Gasteiger partial charge in [0.15, 0.2) is 0 Å². The molecule has 2 unspecified atom stereocenters. The molecule has 1 heterocycles. The minimum atomic E-state index is 0. The normalized spacial score (nSPS) is 28.9. The van der Waals surface area contributed by atoms with E-state index in [1.807, 2.05) is 0 Å². The highest BCUT2D eigenvalue weighted by molar-refractivity contribution is 6.21. The maximum atomic E-state index is 13.1. The highest BCUT2D eigenvalue weighted by Gasteiger charge is 2.43. The Hall–Kier alpha value is -1.87. The van der Waals surface area contributed by atoms with Gasteiger partial charge in [0, 0.05) is 27.9 Å². The maximum Gasteiger partial charge on any atom is 0.251 e. The molecule has 1 saturated heterocycles. The number of allylic oxidation sites excluding steroid dienone is 3. The van der Waals surface area contributed by atoms with Crippen LogP contribution in [-0.4, -0.2) is 36.5 Å². The second kappa shape index (κ2) is 8.00. The van der Waals surface area contributed by atoms with Crippen LogP contribution < -0.4 is 5.32 Å². The second-order valence-corrected chi connectivity index (χ2v) is 10.1. The zero-order valence-electron chi connectivity index (χ0n) is 18.6. The molecule has 3 heteroatoms. The van der Waals surface area contributed by atoms with Crippen molar-refractivity contribution in [1.29, 1.82) is 0 Å². The number of piperidine rings is 1. The molecule has 1 amide bonds. The van der Waals surface area contributed by atoms with E-state index in [1.54, 1.807) is 0 Å². The van der Waals surface area contributed by atoms with E-state index in [-0.39, 0.29) is 21.6 Å². The lowest BCUT2D eigenvalue weighted by molar-refractivity contribution is -0.116. The molecule has 3 nitrogen and oxygen atoms in total. The van der Waals surface area contributed by atoms with Crippen molar-refractivity contribution in [3.05, 3.63) is 53.6 Å². The van der Waals surface area contributed by atoms with Gasteiger partial charge in [0.25, 0.3) is 5.91 Å². The van der Waals surface area contributed by atoms with Crippen molar-refractivity contribution < 1.29 is 9.07 Å². The molecule has 0 radical (unpaired) electrons. The van der Waals surface area contributed by atoms with Gasteiger partial charge in [-0.05, 0) is 80.5 Å². The summed E-state index contributed by atoms with van der Waals surface area (Å²) < 4.78 is 0. The molecule has 1 spiro atoms. The van der Waals surface area contributed by atoms with Crippen molar-refractivity contribution in [3.63, 3.8) is 0 Å². The van der Waals surface area contributed by atoms with Crippen LogP contribution in [0.2, 0.25) is 0 Å². The Labute approximate surface area is 186 Å². The van der Waals surface area contributed by atoms with E-state index in [4.69, 9.17) is 0 Å². The number of likely N-dealkylation sites (tertiary alicyclic amines) is 1. The number of carbonyl (C=O) groups is 1. The molecule has 166 valence electrons. The number of carbonyl (C=O) groups excluding carboxylic acids is 1. The number of nitrogens with one attached hydrogen (secondary N) is 1. The van der Waals surface area contributed by atoms with E-state index in [0.29, 0.717) is 0 Å². The number of benzene rings is 1. The number of nitrogens with zero attached hydrogens (tertiary/aromatic N) is 1. The second-order valence-electron chi connectivity index (χ2n) is 10.1. The lowest BCUT2D eigenvalue weighted by Crippen LogP contribution is -2.43. The maximum absolute atomic E-state index is 13.1. The molecule has 1 saturated carbocycles. The van der Waals surface area contributed by atoms with Crippen LogP contribution >= 0.6 is 0 Å². The first-order valence-corrected chi connectivity index (χ1v) is 12.2. The molecule has 4 aliphatic rings. The number of rotatable bonds is 6. The first kappa shape index (κ1) is 20.1. The van der Waals surface area contributed by atoms with Crippen LogP contribution in [0.15, 0.2) is 42.5 Å². The van der Waals surface area contributed by atoms with Crippen LogP contribution in [0.25, 0.3) is 5.57 Å². The zero-order valence-corrected chi connectivity index (χ0v) is 18.6. The minimum Gasteiger partial charge on any atom is -0.349 e. The molecule has 5 rings (SSSR count). The van der Waals surface area contributed by atoms with Crippen LogP contribution in [0.3, 0.4) is 0 Å². The third kappa shape index (κ3) is 3.45. The highest BCUT2D eigenvalue weighted by atomic mass is 16.1. The molecule has 30 heavy (non-hydrogen) atoms. The summed E-state index contributed by atoms with van der Waals surface area (Å²) in [5, 5.41) is 3.27. The molecular weight excluding hydrogens is 368 g/mol. The molecule has 2 fully saturated rings. The van der Waals surface area contributed by atoms with E-state index < -0.39 is 0 Å². The lowest BCUT2D eigenvalue weighted by Gasteiger charge is -2.40. The van der Waals surface area contributed by atoms with E-state index in [9.17, 15) is 4.79 Å². The molecule has 2 bridgehead atoms. The lowest BCUT2D eigenvalue weighted by atomic mass is 9.74. The molecule has 0 aromatic heterocycles. The first-order chi connectivity index (χ1) is 14.6. The van der Waals surface area contributed by atoms with Crippen molar-refractivity contribution in [1.82, 2.24) is 10.2 Å². The molecule has 1 N–H and O–H groups in total. The summed E-state index contributed by atoms with van der Waals surface area (Å²) >= 11 is 0. The third-order valence-electron chi connectivity index (χ3n) is 8.40. The summed E-state index contributed by atoms with van der Waals surface area (Å²) in [6.45, 7) is 7.84. The Morgan fingerprint density at radius 3 is 2.60 bits per heavy atom. The van der Waals surface area contributed by atoms with Crippen molar-refractivity contribution in [2.24, 2.45) is 17.8 Å². The highest BCUT2D eigenvalue weighted by Crippen LogP contribution is 2.48. The van der Waals surface area contributed by atoms with Gasteiger partial charge in [-0.25, -0.2) is 0 Å². The predicted molar refractivity (Wildman–Crippen MR) is 129 cm³/mol. The number of hydrogen-bond acceptors (Lipinski definition) is 2. The largest absolute Gasteiger partial charge is 0.349 e. The predicted octanol–water partition coefficient (Wildman–Crippen LogP) is 5.67. The molecule has 3 atom stereocenters. The fourth-order valence-electron chi connectivity index (χ4n) is 6.51. The van der Waals surface area contributed by atoms with Crippen LogP contribution in [0.4, 0.5) is 0 Å². The number of hydrogen-bond donors (Lipinski definition) is 1. The third-order valence-corrected chi connectivity index (χ3v) is 8.40. The van der Waals surface area contributed by atoms with Crippen LogP contribution in [-0.2, 0) is 10.2 Å². The van der Waals surface area contributed by atoms with Gasteiger partial charge in [-0.15, -0.1) is 0 Å². The monoisotopic (exact) mass is 410 g/mol. The average molecular weight is 411 g/mol. The molecule has 1 aliphatic heterocycles. The van der Waals surface area contributed by atoms with Crippen LogP contribution in [0.1, 0.15) is 67.8 Å². The first-order valence-electron chi connectivity index (χ1n) is 12.2. The molecular formula is C27H42N2O. The summed E-state index contributed by atoms with van der Waals surface area (Å²) in [6.07, 6.45) is 14.3. The van der Waals surface area contributed by atoms with Gasteiger partial charge < -0.3 is 10.2 Å². The quantitative estimate of drug-likeness (QED) is 0.613. The molecule has 3 aliphatic carbocycles. The molecule has 1 aromatic carbocycles. The van der Waals surface area contributed by atoms with E-state index >= 15 is 0 Å². The van der Waals surface area contributed by atoms with Crippen molar-refractivity contribution >= 4 is 11.5 Å². The Morgan fingerprint density at radius 2 is 1.93 bits per heavy atom. The topological polar surface area (TPSA) is 32.3 Å². The van der Waals surface area contributed by atoms with Gasteiger partial charge in [0.1, 0.15) is 0 Å². The molecule has 1 aromatic rings. The Bertz CT molecular complexity index is 872. The summed E-state index contributed by atoms with van der Waals surface area (Å²) in [4.78, 5) is 15.8. The zero-order chi connectivity index (χ0) is 20.7. The SMILES string of the molecule is CCC(CC)NC(=O)C1=CC2(CCN(C[C@H]3CC4C=CC3C4)CC2)c2ccccc21.[HH].[HH].[HH]. The summed E-state index contributed by atoms with van der Waals surface area (Å²) in [5.41, 5.74) is 3.49. The average Bonchev–Trinajstić information content (AvgIpc) is 3.48. The Morgan fingerprint density at radius 1 is 1.17 bits per heavy atom. The number of fused-ring (bicyclic) bond motifs is 4. The standard InChI is InChI=1S/C27H36N2O.3H2/c1-3-22(4-2)28-26(30)24-17-27(25-8-6-5-7-23(24)25)11-13-29(14-12-27)18-21-16-19-9-10-20(21)15-19;;;/h5-10,17,19-22H,3-4,11-16,18H2,1-2H3,(H,28,30);3*1H/t19?,20?,21-;;;/m1.../s1. The smallest absolute Gasteiger partial charge is 0.251 e. The Balaban J connectivity index is 0.00000128. The van der Waals surface area contributed by atoms with E-state index in [1.165, 1.54) is 24.9 Å². The fraction of sp³-hybridized carbons (Fsp3) is 0.593. The summed E-state index contributed by atoms with van der Waals surface area (Å²) in [5.74, 6) is 2.67. The van der Waals surface area contributed by atoms with Gasteiger partial charge in [-0.2, -0.15) is 0 Å². The van der Waals surface area contributed by atoms with Crippen molar-refractivity contribution in [2.45, 2.75) is 63.8 Å². The van der Waals surface area contributed by atoms with Crippen LogP contribution in [0, 0.1) is 17.8 Å². The van der Waals surface area contributed by atoms with E-state index in [0.717, 1.165) is 67.7 Å². The van der Waals surface area contributed by atoms with Gasteiger partial charge in [0.05, 0.1) is 0 Å². The minimum absolute atomic E-state index is 0. The van der Waals surface area contributed by atoms with Crippen LogP contribution in [0.5, 0.6) is 0 Å². The van der Waals surface area contributed by atoms with Crippen molar-refractivity contribution in [3.8, 4) is 0 Å². The number of amides is 1.